The summed E-state index contributed by atoms with van der Waals surface area (Å²) >= 11 is 0. The van der Waals surface area contributed by atoms with Crippen LogP contribution < -0.4 is 15.5 Å². The molecule has 8 heteroatoms. The third-order valence-corrected chi connectivity index (χ3v) is 4.26. The molecule has 0 saturated carbocycles. The van der Waals surface area contributed by atoms with Crippen LogP contribution in [0.15, 0.2) is 36.9 Å². The molecule has 1 fully saturated rings. The topological polar surface area (TPSA) is 92.3 Å². The van der Waals surface area contributed by atoms with Crippen LogP contribution in [0, 0.1) is 0 Å². The first kappa shape index (κ1) is 18.1. The van der Waals surface area contributed by atoms with Gasteiger partial charge in [0.15, 0.2) is 0 Å². The lowest BCUT2D eigenvalue weighted by atomic mass is 10.0. The van der Waals surface area contributed by atoms with E-state index in [-0.39, 0.29) is 18.0 Å². The van der Waals surface area contributed by atoms with Crippen LogP contribution in [0.5, 0.6) is 0 Å². The Labute approximate surface area is 153 Å². The van der Waals surface area contributed by atoms with E-state index in [2.05, 4.69) is 25.6 Å². The van der Waals surface area contributed by atoms with Crippen LogP contribution in [0.4, 0.5) is 11.6 Å². The highest BCUT2D eigenvalue weighted by Crippen LogP contribution is 2.16. The van der Waals surface area contributed by atoms with Gasteiger partial charge in [-0.25, -0.2) is 9.97 Å². The number of aromatic nitrogens is 3. The minimum Gasteiger partial charge on any atom is -0.379 e. The number of hydrogen-bond donors (Lipinski definition) is 2. The van der Waals surface area contributed by atoms with Crippen LogP contribution in [0.25, 0.3) is 0 Å². The first-order valence-electron chi connectivity index (χ1n) is 8.64. The Morgan fingerprint density at radius 2 is 2.08 bits per heavy atom. The van der Waals surface area contributed by atoms with Crippen molar-refractivity contribution in [2.24, 2.45) is 0 Å². The Balaban J connectivity index is 1.62. The fraction of sp³-hybridized carbons (Fsp3) is 0.444. The summed E-state index contributed by atoms with van der Waals surface area (Å²) in [4.78, 5) is 26.8. The molecule has 8 nitrogen and oxygen atoms in total. The number of hydrogen-bond acceptors (Lipinski definition) is 7. The van der Waals surface area contributed by atoms with E-state index in [1.54, 1.807) is 12.4 Å². The van der Waals surface area contributed by atoms with Gasteiger partial charge in [-0.3, -0.25) is 9.78 Å². The molecule has 1 aliphatic rings. The second-order valence-electron chi connectivity index (χ2n) is 6.48. The first-order chi connectivity index (χ1) is 12.6. The van der Waals surface area contributed by atoms with Gasteiger partial charge in [0.1, 0.15) is 18.0 Å². The molecule has 0 aliphatic carbocycles. The molecule has 1 saturated heterocycles. The van der Waals surface area contributed by atoms with Gasteiger partial charge in [-0.1, -0.05) is 0 Å². The maximum Gasteiger partial charge on any atom is 0.224 e. The lowest BCUT2D eigenvalue weighted by Gasteiger charge is -2.33. The van der Waals surface area contributed by atoms with Gasteiger partial charge >= 0.3 is 0 Å². The van der Waals surface area contributed by atoms with Crippen LogP contribution in [-0.4, -0.2) is 60.3 Å². The van der Waals surface area contributed by atoms with Gasteiger partial charge in [0.25, 0.3) is 0 Å². The molecule has 0 spiro atoms. The van der Waals surface area contributed by atoms with E-state index in [4.69, 9.17) is 4.74 Å². The number of anilines is 2. The normalized spacial score (nSPS) is 19.6. The molecule has 0 aromatic carbocycles. The molecular formula is C18H24N6O2. The van der Waals surface area contributed by atoms with Crippen molar-refractivity contribution in [3.05, 3.63) is 42.5 Å². The number of ether oxygens (including phenoxy) is 1. The number of rotatable bonds is 6. The number of nitrogens with one attached hydrogen (secondary N) is 2. The maximum absolute atomic E-state index is 12.4. The van der Waals surface area contributed by atoms with Gasteiger partial charge in [-0.05, 0) is 24.1 Å². The molecule has 0 bridgehead atoms. The Hall–Kier alpha value is -2.74. The maximum atomic E-state index is 12.4. The Bertz CT molecular complexity index is 725. The number of carbonyl (C=O) groups is 1. The molecule has 1 amide bonds. The molecule has 2 aromatic rings. The molecule has 0 radical (unpaired) electrons. The molecule has 138 valence electrons. The summed E-state index contributed by atoms with van der Waals surface area (Å²) in [6.07, 6.45) is 6.01. The summed E-state index contributed by atoms with van der Waals surface area (Å²) in [6, 6.07) is 5.52. The van der Waals surface area contributed by atoms with Crippen LogP contribution in [-0.2, 0) is 16.0 Å². The van der Waals surface area contributed by atoms with Gasteiger partial charge < -0.3 is 20.3 Å². The third kappa shape index (κ3) is 4.89. The van der Waals surface area contributed by atoms with Gasteiger partial charge in [0.2, 0.25) is 5.91 Å². The zero-order valence-electron chi connectivity index (χ0n) is 15.1. The van der Waals surface area contributed by atoms with E-state index in [1.165, 1.54) is 6.33 Å². The Morgan fingerprint density at radius 1 is 1.27 bits per heavy atom. The van der Waals surface area contributed by atoms with Crippen molar-refractivity contribution in [3.8, 4) is 0 Å². The number of nitrogens with zero attached hydrogens (tertiary/aromatic N) is 4. The van der Waals surface area contributed by atoms with Crippen molar-refractivity contribution in [2.45, 2.75) is 24.9 Å². The fourth-order valence-corrected chi connectivity index (χ4v) is 2.86. The van der Waals surface area contributed by atoms with Crippen LogP contribution in [0.1, 0.15) is 12.0 Å². The summed E-state index contributed by atoms with van der Waals surface area (Å²) in [6.45, 7) is 1.15. The lowest BCUT2D eigenvalue weighted by molar-refractivity contribution is -0.121. The monoisotopic (exact) mass is 356 g/mol. The quantitative estimate of drug-likeness (QED) is 0.793. The zero-order valence-corrected chi connectivity index (χ0v) is 15.1. The molecule has 0 unspecified atom stereocenters. The highest BCUT2D eigenvalue weighted by atomic mass is 16.5. The van der Waals surface area contributed by atoms with Crippen molar-refractivity contribution in [1.29, 1.82) is 0 Å². The summed E-state index contributed by atoms with van der Waals surface area (Å²) in [5.74, 6) is 1.52. The van der Waals surface area contributed by atoms with Gasteiger partial charge in [-0.2, -0.15) is 0 Å². The minimum atomic E-state index is -0.0462. The lowest BCUT2D eigenvalue weighted by Crippen LogP contribution is -2.52. The van der Waals surface area contributed by atoms with E-state index in [9.17, 15) is 4.79 Å². The average Bonchev–Trinajstić information content (AvgIpc) is 2.64. The molecular weight excluding hydrogens is 332 g/mol. The largest absolute Gasteiger partial charge is 0.379 e. The van der Waals surface area contributed by atoms with Crippen LogP contribution in [0.2, 0.25) is 0 Å². The summed E-state index contributed by atoms with van der Waals surface area (Å²) in [5.41, 5.74) is 0.945. The van der Waals surface area contributed by atoms with Gasteiger partial charge in [0, 0.05) is 39.2 Å². The second-order valence-corrected chi connectivity index (χ2v) is 6.48. The van der Waals surface area contributed by atoms with E-state index in [0.29, 0.717) is 25.5 Å². The first-order valence-corrected chi connectivity index (χ1v) is 8.64. The molecule has 2 N–H and O–H groups in total. The number of amides is 1. The standard InChI is InChI=1S/C18H24N6O2/c1-24(2)17-10-16(20-12-21-17)22-15-11-26-8-5-14(15)23-18(25)9-13-3-6-19-7-4-13/h3-4,6-7,10,12,14-15H,5,8-9,11H2,1-2H3,(H,23,25)(H,20,21,22)/t14-,15+/m0/s1. The minimum absolute atomic E-state index is 0.00781. The average molecular weight is 356 g/mol. The van der Waals surface area contributed by atoms with Gasteiger partial charge in [-0.15, -0.1) is 0 Å². The molecule has 2 atom stereocenters. The highest BCUT2D eigenvalue weighted by Gasteiger charge is 2.27. The second kappa shape index (κ2) is 8.57. The summed E-state index contributed by atoms with van der Waals surface area (Å²) < 4.78 is 5.59. The fourth-order valence-electron chi connectivity index (χ4n) is 2.86. The number of carbonyl (C=O) groups excluding carboxylic acids is 1. The van der Waals surface area contributed by atoms with Crippen molar-refractivity contribution >= 4 is 17.5 Å². The van der Waals surface area contributed by atoms with Crippen molar-refractivity contribution < 1.29 is 9.53 Å². The third-order valence-electron chi connectivity index (χ3n) is 4.26. The van der Waals surface area contributed by atoms with Crippen molar-refractivity contribution in [2.75, 3.05) is 37.5 Å². The molecule has 1 aliphatic heterocycles. The summed E-state index contributed by atoms with van der Waals surface area (Å²) in [5, 5.41) is 6.49. The van der Waals surface area contributed by atoms with E-state index in [1.807, 2.05) is 37.2 Å². The predicted octanol–water partition coefficient (Wildman–Crippen LogP) is 0.866. The van der Waals surface area contributed by atoms with E-state index in [0.717, 1.165) is 17.8 Å². The molecule has 26 heavy (non-hydrogen) atoms. The van der Waals surface area contributed by atoms with Crippen LogP contribution >= 0.6 is 0 Å². The predicted molar refractivity (Wildman–Crippen MR) is 99.1 cm³/mol. The molecule has 3 rings (SSSR count). The summed E-state index contributed by atoms with van der Waals surface area (Å²) in [7, 11) is 3.86. The van der Waals surface area contributed by atoms with E-state index < -0.39 is 0 Å². The van der Waals surface area contributed by atoms with Crippen molar-refractivity contribution in [1.82, 2.24) is 20.3 Å². The Morgan fingerprint density at radius 3 is 2.85 bits per heavy atom. The smallest absolute Gasteiger partial charge is 0.224 e. The zero-order chi connectivity index (χ0) is 18.4. The Kier molecular flexibility index (Phi) is 5.96. The SMILES string of the molecule is CN(C)c1cc(N[C@@H]2COCC[C@@H]2NC(=O)Cc2ccncc2)ncn1. The number of pyridine rings is 1. The van der Waals surface area contributed by atoms with Crippen LogP contribution in [0.3, 0.4) is 0 Å². The molecule has 2 aromatic heterocycles. The van der Waals surface area contributed by atoms with Gasteiger partial charge in [0.05, 0.1) is 25.1 Å². The van der Waals surface area contributed by atoms with Crippen molar-refractivity contribution in [3.63, 3.8) is 0 Å². The molecule has 3 heterocycles. The van der Waals surface area contributed by atoms with E-state index >= 15 is 0 Å². The highest BCUT2D eigenvalue weighted by molar-refractivity contribution is 5.79.